The number of aromatic amines is 1. The highest BCUT2D eigenvalue weighted by Crippen LogP contribution is 2.41. The van der Waals surface area contributed by atoms with Crippen LogP contribution in [0.4, 0.5) is 16.0 Å². The molecule has 0 spiro atoms. The largest absolute Gasteiger partial charge is 0.318 e. The van der Waals surface area contributed by atoms with Gasteiger partial charge in [0.2, 0.25) is 5.95 Å². The lowest BCUT2D eigenvalue weighted by molar-refractivity contribution is 0.564. The van der Waals surface area contributed by atoms with Crippen LogP contribution in [0.3, 0.4) is 0 Å². The number of nitrogens with one attached hydrogen (secondary N) is 2. The number of rotatable bonds is 2. The Balaban J connectivity index is 1.81. The second-order valence-corrected chi connectivity index (χ2v) is 7.14. The van der Waals surface area contributed by atoms with Gasteiger partial charge in [0, 0.05) is 15.6 Å². The fourth-order valence-corrected chi connectivity index (χ4v) is 3.58. The van der Waals surface area contributed by atoms with Crippen molar-refractivity contribution in [3.05, 3.63) is 80.3 Å². The first-order valence-electron chi connectivity index (χ1n) is 8.30. The number of hydrogen-bond donors (Lipinski definition) is 2. The van der Waals surface area contributed by atoms with E-state index in [9.17, 15) is 9.18 Å². The molecular formula is C18H11BrFN7O. The van der Waals surface area contributed by atoms with Crippen LogP contribution < -0.4 is 10.9 Å². The molecule has 1 aliphatic rings. The summed E-state index contributed by atoms with van der Waals surface area (Å²) in [4.78, 5) is 12.5. The second kappa shape index (κ2) is 6.34. The Kier molecular flexibility index (Phi) is 3.79. The molecule has 0 unspecified atom stereocenters. The molecule has 0 amide bonds. The molecule has 0 radical (unpaired) electrons. The topological polar surface area (TPSA) is 101 Å². The third-order valence-corrected chi connectivity index (χ3v) is 5.10. The molecule has 2 aromatic carbocycles. The van der Waals surface area contributed by atoms with Gasteiger partial charge < -0.3 is 5.32 Å². The molecule has 5 rings (SSSR count). The van der Waals surface area contributed by atoms with Gasteiger partial charge in [-0.15, -0.1) is 0 Å². The standard InChI is InChI=1S/C18H11BrFN7O/c19-11-5-1-9(2-6-11)14-13-15(17(28)23-22-14)21-18-24-25-26-27(18)16(13)10-3-7-12(20)8-4-10/h1-8,16H,(H,23,28)(H,21,24,26)/t16-/m0/s1. The predicted octanol–water partition coefficient (Wildman–Crippen LogP) is 3.02. The van der Waals surface area contributed by atoms with Crippen LogP contribution in [0.2, 0.25) is 0 Å². The lowest BCUT2D eigenvalue weighted by Gasteiger charge is -2.27. The fraction of sp³-hybridized carbons (Fsp3) is 0.0556. The third-order valence-electron chi connectivity index (χ3n) is 4.57. The molecule has 10 heteroatoms. The molecule has 0 bridgehead atoms. The van der Waals surface area contributed by atoms with Gasteiger partial charge in [-0.2, -0.15) is 9.78 Å². The van der Waals surface area contributed by atoms with Crippen molar-refractivity contribution in [2.24, 2.45) is 0 Å². The third kappa shape index (κ3) is 2.61. The highest BCUT2D eigenvalue weighted by atomic mass is 79.9. The number of halogens is 2. The minimum absolute atomic E-state index is 0.310. The Morgan fingerprint density at radius 3 is 2.57 bits per heavy atom. The van der Waals surface area contributed by atoms with E-state index in [0.717, 1.165) is 15.6 Å². The Hall–Kier alpha value is -3.40. The first kappa shape index (κ1) is 16.8. The molecule has 28 heavy (non-hydrogen) atoms. The molecule has 1 atom stereocenters. The van der Waals surface area contributed by atoms with Gasteiger partial charge in [0.15, 0.2) is 0 Å². The highest BCUT2D eigenvalue weighted by Gasteiger charge is 2.34. The van der Waals surface area contributed by atoms with E-state index in [0.29, 0.717) is 22.9 Å². The van der Waals surface area contributed by atoms with E-state index in [1.54, 1.807) is 16.8 Å². The molecule has 2 aromatic heterocycles. The number of nitrogens with zero attached hydrogens (tertiary/aromatic N) is 5. The lowest BCUT2D eigenvalue weighted by atomic mass is 9.92. The van der Waals surface area contributed by atoms with Crippen molar-refractivity contribution in [3.63, 3.8) is 0 Å². The molecule has 138 valence electrons. The summed E-state index contributed by atoms with van der Waals surface area (Å²) in [5, 5.41) is 21.5. The van der Waals surface area contributed by atoms with Crippen molar-refractivity contribution in [1.82, 2.24) is 30.4 Å². The quantitative estimate of drug-likeness (QED) is 0.438. The van der Waals surface area contributed by atoms with Crippen LogP contribution in [-0.2, 0) is 0 Å². The van der Waals surface area contributed by atoms with E-state index in [1.165, 1.54) is 12.1 Å². The van der Waals surface area contributed by atoms with Crippen molar-refractivity contribution in [2.45, 2.75) is 6.04 Å². The smallest absolute Gasteiger partial charge is 0.288 e. The highest BCUT2D eigenvalue weighted by molar-refractivity contribution is 9.10. The van der Waals surface area contributed by atoms with Crippen LogP contribution in [0, 0.1) is 5.82 Å². The first-order chi connectivity index (χ1) is 13.6. The van der Waals surface area contributed by atoms with Crippen molar-refractivity contribution >= 4 is 27.6 Å². The van der Waals surface area contributed by atoms with Crippen LogP contribution in [0.5, 0.6) is 0 Å². The van der Waals surface area contributed by atoms with E-state index in [-0.39, 0.29) is 5.82 Å². The molecule has 8 nitrogen and oxygen atoms in total. The van der Waals surface area contributed by atoms with Crippen LogP contribution >= 0.6 is 15.9 Å². The number of hydrogen-bond acceptors (Lipinski definition) is 6. The number of H-pyrrole nitrogens is 1. The van der Waals surface area contributed by atoms with Crippen molar-refractivity contribution in [1.29, 1.82) is 0 Å². The number of anilines is 2. The minimum atomic E-state index is -0.546. The Labute approximate surface area is 165 Å². The zero-order chi connectivity index (χ0) is 19.3. The summed E-state index contributed by atoms with van der Waals surface area (Å²) in [5.74, 6) is -0.0349. The molecule has 3 heterocycles. The second-order valence-electron chi connectivity index (χ2n) is 6.22. The van der Waals surface area contributed by atoms with Gasteiger partial charge in [0.05, 0.1) is 5.69 Å². The summed E-state index contributed by atoms with van der Waals surface area (Å²) >= 11 is 3.42. The fourth-order valence-electron chi connectivity index (χ4n) is 3.32. The van der Waals surface area contributed by atoms with Gasteiger partial charge in [0.1, 0.15) is 17.5 Å². The van der Waals surface area contributed by atoms with Gasteiger partial charge in [0.25, 0.3) is 5.56 Å². The minimum Gasteiger partial charge on any atom is -0.318 e. The average molecular weight is 440 g/mol. The maximum Gasteiger partial charge on any atom is 0.288 e. The Bertz CT molecular complexity index is 1230. The maximum atomic E-state index is 13.5. The molecule has 1 aliphatic heterocycles. The molecule has 0 fully saturated rings. The van der Waals surface area contributed by atoms with E-state index in [4.69, 9.17) is 0 Å². The summed E-state index contributed by atoms with van der Waals surface area (Å²) < 4.78 is 16.0. The SMILES string of the molecule is O=c1[nH]nc(-c2ccc(Br)cc2)c2c1Nc1nnnn1[C@H]2c1ccc(F)cc1. The van der Waals surface area contributed by atoms with E-state index < -0.39 is 11.6 Å². The summed E-state index contributed by atoms with van der Waals surface area (Å²) in [7, 11) is 0. The molecule has 0 saturated heterocycles. The zero-order valence-corrected chi connectivity index (χ0v) is 15.7. The normalized spacial score (nSPS) is 14.9. The Morgan fingerprint density at radius 2 is 1.82 bits per heavy atom. The van der Waals surface area contributed by atoms with E-state index >= 15 is 0 Å². The number of aromatic nitrogens is 6. The van der Waals surface area contributed by atoms with Gasteiger partial charge >= 0.3 is 0 Å². The van der Waals surface area contributed by atoms with E-state index in [1.807, 2.05) is 24.3 Å². The molecule has 4 aromatic rings. The van der Waals surface area contributed by atoms with Gasteiger partial charge in [-0.25, -0.2) is 9.49 Å². The van der Waals surface area contributed by atoms with Crippen LogP contribution in [0.1, 0.15) is 17.2 Å². The summed E-state index contributed by atoms with van der Waals surface area (Å²) in [5.41, 5.74) is 2.63. The number of tetrazole rings is 1. The summed E-state index contributed by atoms with van der Waals surface area (Å²) in [6.45, 7) is 0. The lowest BCUT2D eigenvalue weighted by Crippen LogP contribution is -2.29. The Morgan fingerprint density at radius 1 is 1.07 bits per heavy atom. The van der Waals surface area contributed by atoms with Crippen LogP contribution in [-0.4, -0.2) is 30.4 Å². The monoisotopic (exact) mass is 439 g/mol. The van der Waals surface area contributed by atoms with Crippen LogP contribution in [0.15, 0.2) is 57.8 Å². The number of fused-ring (bicyclic) bond motifs is 2. The van der Waals surface area contributed by atoms with Gasteiger partial charge in [-0.05, 0) is 40.3 Å². The molecule has 0 aliphatic carbocycles. The molecular weight excluding hydrogens is 429 g/mol. The average Bonchev–Trinajstić information content (AvgIpc) is 3.17. The summed E-state index contributed by atoms with van der Waals surface area (Å²) in [6, 6.07) is 13.0. The molecule has 2 N–H and O–H groups in total. The zero-order valence-electron chi connectivity index (χ0n) is 14.1. The van der Waals surface area contributed by atoms with Crippen molar-refractivity contribution in [2.75, 3.05) is 5.32 Å². The molecule has 0 saturated carbocycles. The van der Waals surface area contributed by atoms with Crippen molar-refractivity contribution < 1.29 is 4.39 Å². The van der Waals surface area contributed by atoms with Crippen molar-refractivity contribution in [3.8, 4) is 11.3 Å². The first-order valence-corrected chi connectivity index (χ1v) is 9.10. The van der Waals surface area contributed by atoms with Gasteiger partial charge in [-0.1, -0.05) is 45.3 Å². The number of benzene rings is 2. The maximum absolute atomic E-state index is 13.5. The van der Waals surface area contributed by atoms with Gasteiger partial charge in [-0.3, -0.25) is 4.79 Å². The summed E-state index contributed by atoms with van der Waals surface area (Å²) in [6.07, 6.45) is 0. The van der Waals surface area contributed by atoms with Crippen LogP contribution in [0.25, 0.3) is 11.3 Å². The van der Waals surface area contributed by atoms with E-state index in [2.05, 4.69) is 47.0 Å². The predicted molar refractivity (Wildman–Crippen MR) is 103 cm³/mol.